The topological polar surface area (TPSA) is 38.3 Å². The number of alkyl carbamates (subject to hydrolysis) is 1. The Morgan fingerprint density at radius 2 is 2.06 bits per heavy atom. The maximum atomic E-state index is 13.2. The summed E-state index contributed by atoms with van der Waals surface area (Å²) in [5.41, 5.74) is 0.156. The number of hydrogen-bond donors (Lipinski definition) is 1. The molecular weight excluding hydrogens is 228 g/mol. The number of benzene rings is 1. The highest BCUT2D eigenvalue weighted by molar-refractivity contribution is 5.69. The minimum Gasteiger partial charge on any atom is -0.449 e. The molecule has 0 bridgehead atoms. The van der Waals surface area contributed by atoms with Crippen LogP contribution in [-0.2, 0) is 4.74 Å². The summed E-state index contributed by atoms with van der Waals surface area (Å²) >= 11 is 0. The van der Waals surface area contributed by atoms with Crippen LogP contribution >= 0.6 is 0 Å². The smallest absolute Gasteiger partial charge is 0.407 e. The van der Waals surface area contributed by atoms with Crippen LogP contribution < -0.4 is 5.32 Å². The summed E-state index contributed by atoms with van der Waals surface area (Å²) in [5.74, 6) is -1.82. The SMILES string of the molecule is CC1(C)COC(=O)N[C@@H]1c1ccc(F)c(F)c1. The lowest BCUT2D eigenvalue weighted by atomic mass is 9.80. The van der Waals surface area contributed by atoms with Gasteiger partial charge in [0.05, 0.1) is 6.04 Å². The number of halogens is 2. The number of ether oxygens (including phenoxy) is 1. The molecule has 2 rings (SSSR count). The van der Waals surface area contributed by atoms with E-state index in [1.54, 1.807) is 0 Å². The molecule has 1 aliphatic heterocycles. The van der Waals surface area contributed by atoms with Crippen LogP contribution in [0.2, 0.25) is 0 Å². The van der Waals surface area contributed by atoms with E-state index < -0.39 is 17.7 Å². The largest absolute Gasteiger partial charge is 0.449 e. The zero-order valence-electron chi connectivity index (χ0n) is 9.59. The van der Waals surface area contributed by atoms with Gasteiger partial charge < -0.3 is 10.1 Å². The van der Waals surface area contributed by atoms with Gasteiger partial charge in [-0.2, -0.15) is 0 Å². The molecule has 92 valence electrons. The van der Waals surface area contributed by atoms with Crippen LogP contribution in [-0.4, -0.2) is 12.7 Å². The second-order valence-corrected chi connectivity index (χ2v) is 4.82. The van der Waals surface area contributed by atoms with Crippen LogP contribution in [0.4, 0.5) is 13.6 Å². The van der Waals surface area contributed by atoms with Gasteiger partial charge in [0.15, 0.2) is 11.6 Å². The van der Waals surface area contributed by atoms with Crippen molar-refractivity contribution in [3.05, 3.63) is 35.4 Å². The Kier molecular flexibility index (Phi) is 2.77. The van der Waals surface area contributed by atoms with E-state index in [0.29, 0.717) is 5.56 Å². The molecule has 1 heterocycles. The molecule has 0 aromatic heterocycles. The van der Waals surface area contributed by atoms with Crippen LogP contribution in [0.15, 0.2) is 18.2 Å². The minimum absolute atomic E-state index is 0.239. The zero-order chi connectivity index (χ0) is 12.6. The molecule has 1 amide bonds. The normalized spacial score (nSPS) is 22.8. The van der Waals surface area contributed by atoms with Gasteiger partial charge >= 0.3 is 6.09 Å². The number of nitrogens with one attached hydrogen (secondary N) is 1. The van der Waals surface area contributed by atoms with Crippen molar-refractivity contribution < 1.29 is 18.3 Å². The first-order valence-electron chi connectivity index (χ1n) is 5.28. The summed E-state index contributed by atoms with van der Waals surface area (Å²) in [6.07, 6.45) is -0.543. The van der Waals surface area contributed by atoms with Gasteiger partial charge in [-0.25, -0.2) is 13.6 Å². The van der Waals surface area contributed by atoms with Gasteiger partial charge in [0, 0.05) is 5.41 Å². The fourth-order valence-electron chi connectivity index (χ4n) is 1.92. The molecule has 1 aromatic carbocycles. The molecule has 0 spiro atoms. The lowest BCUT2D eigenvalue weighted by Gasteiger charge is -2.38. The number of cyclic esters (lactones) is 1. The molecule has 1 N–H and O–H groups in total. The molecule has 1 aliphatic rings. The Morgan fingerprint density at radius 3 is 2.71 bits per heavy atom. The predicted molar refractivity (Wildman–Crippen MR) is 57.4 cm³/mol. The average Bonchev–Trinajstić information content (AvgIpc) is 2.26. The first-order chi connectivity index (χ1) is 7.90. The predicted octanol–water partition coefficient (Wildman–Crippen LogP) is 2.77. The van der Waals surface area contributed by atoms with Crippen LogP contribution in [0.3, 0.4) is 0 Å². The third kappa shape index (κ3) is 2.23. The zero-order valence-corrected chi connectivity index (χ0v) is 9.59. The Balaban J connectivity index is 2.36. The van der Waals surface area contributed by atoms with Crippen molar-refractivity contribution in [3.63, 3.8) is 0 Å². The standard InChI is InChI=1S/C12H13F2NO2/c1-12(2)6-17-11(16)15-10(12)7-3-4-8(13)9(14)5-7/h3-5,10H,6H2,1-2H3,(H,15,16)/t10-/m1/s1. The van der Waals surface area contributed by atoms with E-state index >= 15 is 0 Å². The molecule has 3 nitrogen and oxygen atoms in total. The summed E-state index contributed by atoms with van der Waals surface area (Å²) in [4.78, 5) is 11.2. The fourth-order valence-corrected chi connectivity index (χ4v) is 1.92. The van der Waals surface area contributed by atoms with Crippen molar-refractivity contribution >= 4 is 6.09 Å². The van der Waals surface area contributed by atoms with Gasteiger partial charge in [-0.1, -0.05) is 19.9 Å². The molecule has 1 aromatic rings. The molecule has 0 aliphatic carbocycles. The number of amides is 1. The second-order valence-electron chi connectivity index (χ2n) is 4.82. The number of rotatable bonds is 1. The van der Waals surface area contributed by atoms with Gasteiger partial charge in [0.1, 0.15) is 6.61 Å². The van der Waals surface area contributed by atoms with Gasteiger partial charge in [-0.15, -0.1) is 0 Å². The Morgan fingerprint density at radius 1 is 1.35 bits per heavy atom. The molecule has 0 saturated carbocycles. The molecule has 17 heavy (non-hydrogen) atoms. The van der Waals surface area contributed by atoms with Crippen molar-refractivity contribution in [2.75, 3.05) is 6.61 Å². The number of hydrogen-bond acceptors (Lipinski definition) is 2. The Labute approximate surface area is 97.8 Å². The number of carbonyl (C=O) groups excluding carboxylic acids is 1. The lowest BCUT2D eigenvalue weighted by Crippen LogP contribution is -2.46. The van der Waals surface area contributed by atoms with Gasteiger partial charge in [-0.3, -0.25) is 0 Å². The second kappa shape index (κ2) is 3.98. The van der Waals surface area contributed by atoms with Gasteiger partial charge in [0.2, 0.25) is 0 Å². The summed E-state index contributed by atoms with van der Waals surface area (Å²) in [7, 11) is 0. The Bertz CT molecular complexity index is 460. The van der Waals surface area contributed by atoms with E-state index in [1.165, 1.54) is 6.07 Å². The van der Waals surface area contributed by atoms with E-state index in [-0.39, 0.29) is 18.1 Å². The van der Waals surface area contributed by atoms with Crippen molar-refractivity contribution in [2.24, 2.45) is 5.41 Å². The monoisotopic (exact) mass is 241 g/mol. The molecule has 0 radical (unpaired) electrons. The first-order valence-corrected chi connectivity index (χ1v) is 5.28. The minimum atomic E-state index is -0.918. The van der Waals surface area contributed by atoms with Crippen molar-refractivity contribution in [1.82, 2.24) is 5.32 Å². The maximum Gasteiger partial charge on any atom is 0.407 e. The maximum absolute atomic E-state index is 13.2. The van der Waals surface area contributed by atoms with E-state index in [2.05, 4.69) is 5.32 Å². The highest BCUT2D eigenvalue weighted by Gasteiger charge is 2.38. The van der Waals surface area contributed by atoms with Gasteiger partial charge in [-0.05, 0) is 17.7 Å². The third-order valence-electron chi connectivity index (χ3n) is 2.90. The first kappa shape index (κ1) is 11.8. The van der Waals surface area contributed by atoms with Crippen molar-refractivity contribution in [2.45, 2.75) is 19.9 Å². The van der Waals surface area contributed by atoms with Crippen LogP contribution in [0.5, 0.6) is 0 Å². The van der Waals surface area contributed by atoms with Crippen LogP contribution in [0, 0.1) is 17.0 Å². The van der Waals surface area contributed by atoms with Crippen molar-refractivity contribution in [1.29, 1.82) is 0 Å². The summed E-state index contributed by atoms with van der Waals surface area (Å²) < 4.78 is 30.9. The van der Waals surface area contributed by atoms with E-state index in [0.717, 1.165) is 12.1 Å². The average molecular weight is 241 g/mol. The van der Waals surface area contributed by atoms with Crippen LogP contribution in [0.1, 0.15) is 25.5 Å². The summed E-state index contributed by atoms with van der Waals surface area (Å²) in [5, 5.41) is 2.62. The third-order valence-corrected chi connectivity index (χ3v) is 2.90. The molecule has 0 unspecified atom stereocenters. The highest BCUT2D eigenvalue weighted by Crippen LogP contribution is 2.36. The molecule has 1 fully saturated rings. The highest BCUT2D eigenvalue weighted by atomic mass is 19.2. The molecular formula is C12H13F2NO2. The van der Waals surface area contributed by atoms with E-state index in [1.807, 2.05) is 13.8 Å². The number of carbonyl (C=O) groups is 1. The molecule has 1 atom stereocenters. The fraction of sp³-hybridized carbons (Fsp3) is 0.417. The van der Waals surface area contributed by atoms with E-state index in [9.17, 15) is 13.6 Å². The molecule has 5 heteroatoms. The van der Waals surface area contributed by atoms with E-state index in [4.69, 9.17) is 4.74 Å². The molecule has 1 saturated heterocycles. The Hall–Kier alpha value is -1.65. The quantitative estimate of drug-likeness (QED) is 0.821. The van der Waals surface area contributed by atoms with Crippen molar-refractivity contribution in [3.8, 4) is 0 Å². The lowest BCUT2D eigenvalue weighted by molar-refractivity contribution is 0.0386. The summed E-state index contributed by atoms with van der Waals surface area (Å²) in [6.45, 7) is 4.01. The van der Waals surface area contributed by atoms with Crippen LogP contribution in [0.25, 0.3) is 0 Å². The van der Waals surface area contributed by atoms with Gasteiger partial charge in [0.25, 0.3) is 0 Å². The summed E-state index contributed by atoms with van der Waals surface area (Å²) in [6, 6.07) is 3.24.